The zero-order valence-corrected chi connectivity index (χ0v) is 18.8. The van der Waals surface area contributed by atoms with E-state index in [2.05, 4.69) is 20.7 Å². The van der Waals surface area contributed by atoms with Crippen molar-refractivity contribution >= 4 is 17.7 Å². The number of nitrogens with one attached hydrogen (secondary N) is 2. The van der Waals surface area contributed by atoms with Crippen LogP contribution in [-0.2, 0) is 24.4 Å². The molecule has 0 bridgehead atoms. The van der Waals surface area contributed by atoms with Crippen LogP contribution >= 0.6 is 0 Å². The Morgan fingerprint density at radius 1 is 1.09 bits per heavy atom. The maximum absolute atomic E-state index is 13.1. The fraction of sp³-hybridized carbons (Fsp3) is 0.292. The van der Waals surface area contributed by atoms with Crippen LogP contribution < -0.4 is 10.6 Å². The van der Waals surface area contributed by atoms with Crippen LogP contribution in [0.25, 0.3) is 0 Å². The van der Waals surface area contributed by atoms with Gasteiger partial charge >= 0.3 is 0 Å². The molecule has 9 nitrogen and oxygen atoms in total. The Bertz CT molecular complexity index is 1190. The topological polar surface area (TPSA) is 109 Å². The highest BCUT2D eigenvalue weighted by Crippen LogP contribution is 2.26. The molecule has 3 amide bonds. The number of pyridine rings is 1. The summed E-state index contributed by atoms with van der Waals surface area (Å²) in [6.45, 7) is 4.43. The van der Waals surface area contributed by atoms with E-state index in [-0.39, 0.29) is 36.3 Å². The number of likely N-dealkylation sites (N-methyl/N-ethyl adjacent to an activating group) is 1. The van der Waals surface area contributed by atoms with Gasteiger partial charge < -0.3 is 15.5 Å². The highest BCUT2D eigenvalue weighted by atomic mass is 16.2. The van der Waals surface area contributed by atoms with Gasteiger partial charge in [-0.2, -0.15) is 5.10 Å². The van der Waals surface area contributed by atoms with Crippen LogP contribution in [0.3, 0.4) is 0 Å². The normalized spacial score (nSPS) is 17.4. The highest BCUT2D eigenvalue weighted by Gasteiger charge is 2.46. The molecule has 0 aliphatic carbocycles. The van der Waals surface area contributed by atoms with Crippen molar-refractivity contribution in [1.82, 2.24) is 30.3 Å². The predicted octanol–water partition coefficient (Wildman–Crippen LogP) is 1.68. The van der Waals surface area contributed by atoms with Gasteiger partial charge in [-0.3, -0.25) is 24.0 Å². The third-order valence-electron chi connectivity index (χ3n) is 5.95. The molecule has 0 fully saturated rings. The molecule has 0 saturated heterocycles. The lowest BCUT2D eigenvalue weighted by molar-refractivity contribution is -0.132. The van der Waals surface area contributed by atoms with Crippen LogP contribution in [0, 0.1) is 6.92 Å². The molecule has 33 heavy (non-hydrogen) atoms. The molecule has 2 N–H and O–H groups in total. The van der Waals surface area contributed by atoms with E-state index in [0.717, 1.165) is 11.1 Å². The predicted molar refractivity (Wildman–Crippen MR) is 121 cm³/mol. The maximum atomic E-state index is 13.1. The molecular weight excluding hydrogens is 420 g/mol. The van der Waals surface area contributed by atoms with Crippen LogP contribution in [0.5, 0.6) is 0 Å². The molecule has 2 aromatic heterocycles. The number of fused-ring (bicyclic) bond motifs is 1. The largest absolute Gasteiger partial charge is 0.350 e. The van der Waals surface area contributed by atoms with Crippen LogP contribution in [-0.4, -0.2) is 50.0 Å². The van der Waals surface area contributed by atoms with Crippen molar-refractivity contribution in [3.63, 3.8) is 0 Å². The second-order valence-electron chi connectivity index (χ2n) is 8.38. The van der Waals surface area contributed by atoms with E-state index in [9.17, 15) is 14.4 Å². The van der Waals surface area contributed by atoms with Gasteiger partial charge in [0.2, 0.25) is 5.91 Å². The standard InChI is InChI=1S/C24H26N6O3/c1-16-7-9-17(10-8-16)13-27-23(33)24(2)15-30-20(22(32)29(24)3)12-19(28-30)21(31)26-14-18-6-4-5-11-25-18/h4-12H,13-15H2,1-3H3,(H,26,31)(H,27,33)/t24-/m1/s1. The molecular formula is C24H26N6O3. The lowest BCUT2D eigenvalue weighted by Crippen LogP contribution is -2.62. The molecule has 3 aromatic rings. The third-order valence-corrected chi connectivity index (χ3v) is 5.95. The van der Waals surface area contributed by atoms with Gasteiger partial charge in [0, 0.05) is 25.9 Å². The first-order chi connectivity index (χ1) is 15.8. The van der Waals surface area contributed by atoms with Crippen molar-refractivity contribution in [3.05, 3.63) is 82.9 Å². The number of nitrogens with zero attached hydrogens (tertiary/aromatic N) is 4. The molecule has 0 saturated carbocycles. The van der Waals surface area contributed by atoms with E-state index in [1.807, 2.05) is 37.3 Å². The first-order valence-corrected chi connectivity index (χ1v) is 10.7. The summed E-state index contributed by atoms with van der Waals surface area (Å²) in [6, 6.07) is 14.8. The van der Waals surface area contributed by atoms with Gasteiger partial charge in [-0.25, -0.2) is 0 Å². The molecule has 1 aliphatic rings. The molecule has 0 radical (unpaired) electrons. The minimum Gasteiger partial charge on any atom is -0.350 e. The molecule has 0 spiro atoms. The van der Waals surface area contributed by atoms with Crippen molar-refractivity contribution in [2.75, 3.05) is 7.05 Å². The average molecular weight is 447 g/mol. The minimum absolute atomic E-state index is 0.118. The number of aryl methyl sites for hydroxylation is 1. The van der Waals surface area contributed by atoms with Gasteiger partial charge in [0.1, 0.15) is 11.2 Å². The maximum Gasteiger partial charge on any atom is 0.272 e. The minimum atomic E-state index is -1.15. The van der Waals surface area contributed by atoms with Crippen LogP contribution in [0.4, 0.5) is 0 Å². The van der Waals surface area contributed by atoms with E-state index < -0.39 is 11.4 Å². The summed E-state index contributed by atoms with van der Waals surface area (Å²) >= 11 is 0. The summed E-state index contributed by atoms with van der Waals surface area (Å²) < 4.78 is 1.43. The van der Waals surface area contributed by atoms with Gasteiger partial charge in [0.25, 0.3) is 11.8 Å². The molecule has 9 heteroatoms. The molecule has 0 unspecified atom stereocenters. The summed E-state index contributed by atoms with van der Waals surface area (Å²) in [7, 11) is 1.59. The average Bonchev–Trinajstić information content (AvgIpc) is 3.25. The van der Waals surface area contributed by atoms with E-state index in [1.165, 1.54) is 15.6 Å². The zero-order valence-electron chi connectivity index (χ0n) is 18.8. The van der Waals surface area contributed by atoms with Crippen molar-refractivity contribution in [2.24, 2.45) is 0 Å². The number of rotatable bonds is 6. The quantitative estimate of drug-likeness (QED) is 0.599. The van der Waals surface area contributed by atoms with Crippen molar-refractivity contribution in [1.29, 1.82) is 0 Å². The molecule has 1 aliphatic heterocycles. The summed E-state index contributed by atoms with van der Waals surface area (Å²) in [4.78, 5) is 44.3. The van der Waals surface area contributed by atoms with Crippen molar-refractivity contribution in [3.8, 4) is 0 Å². The zero-order chi connectivity index (χ0) is 23.6. The Kier molecular flexibility index (Phi) is 5.95. The summed E-state index contributed by atoms with van der Waals surface area (Å²) in [5.41, 5.74) is 2.05. The Morgan fingerprint density at radius 2 is 1.85 bits per heavy atom. The second kappa shape index (κ2) is 8.85. The third kappa shape index (κ3) is 4.48. The lowest BCUT2D eigenvalue weighted by atomic mass is 9.95. The first-order valence-electron chi connectivity index (χ1n) is 10.7. The fourth-order valence-electron chi connectivity index (χ4n) is 3.68. The number of hydrogen-bond donors (Lipinski definition) is 2. The number of benzene rings is 1. The van der Waals surface area contributed by atoms with Crippen LogP contribution in [0.2, 0.25) is 0 Å². The second-order valence-corrected chi connectivity index (χ2v) is 8.38. The van der Waals surface area contributed by atoms with Gasteiger partial charge in [-0.15, -0.1) is 0 Å². The van der Waals surface area contributed by atoms with Gasteiger partial charge in [-0.1, -0.05) is 35.9 Å². The molecule has 170 valence electrons. The number of carbonyl (C=O) groups excluding carboxylic acids is 3. The first kappa shape index (κ1) is 22.2. The van der Waals surface area contributed by atoms with Crippen molar-refractivity contribution in [2.45, 2.75) is 39.0 Å². The fourth-order valence-corrected chi connectivity index (χ4v) is 3.68. The molecule has 3 heterocycles. The number of carbonyl (C=O) groups is 3. The SMILES string of the molecule is Cc1ccc(CNC(=O)[C@@]2(C)Cn3nc(C(=O)NCc4ccccn4)cc3C(=O)N2C)cc1. The Labute approximate surface area is 191 Å². The van der Waals surface area contributed by atoms with Crippen LogP contribution in [0.15, 0.2) is 54.7 Å². The van der Waals surface area contributed by atoms with Crippen molar-refractivity contribution < 1.29 is 14.4 Å². The molecule has 1 atom stereocenters. The smallest absolute Gasteiger partial charge is 0.272 e. The lowest BCUT2D eigenvalue weighted by Gasteiger charge is -2.40. The van der Waals surface area contributed by atoms with Crippen LogP contribution in [0.1, 0.15) is 44.7 Å². The van der Waals surface area contributed by atoms with Gasteiger partial charge in [0.15, 0.2) is 5.69 Å². The number of hydrogen-bond acceptors (Lipinski definition) is 5. The van der Waals surface area contributed by atoms with Gasteiger partial charge in [-0.05, 0) is 31.5 Å². The van der Waals surface area contributed by atoms with E-state index in [0.29, 0.717) is 12.2 Å². The Morgan fingerprint density at radius 3 is 2.55 bits per heavy atom. The number of amides is 3. The number of aromatic nitrogens is 3. The Balaban J connectivity index is 1.47. The summed E-state index contributed by atoms with van der Waals surface area (Å²) in [5.74, 6) is -1.07. The highest BCUT2D eigenvalue weighted by molar-refractivity contribution is 6.01. The van der Waals surface area contributed by atoms with E-state index in [4.69, 9.17) is 0 Å². The van der Waals surface area contributed by atoms with E-state index >= 15 is 0 Å². The Hall–Kier alpha value is -4.01. The summed E-state index contributed by atoms with van der Waals surface area (Å²) in [6.07, 6.45) is 1.65. The van der Waals surface area contributed by atoms with E-state index in [1.54, 1.807) is 32.3 Å². The summed E-state index contributed by atoms with van der Waals surface area (Å²) in [5, 5.41) is 9.98. The molecule has 1 aromatic carbocycles. The molecule has 4 rings (SSSR count). The van der Waals surface area contributed by atoms with Gasteiger partial charge in [0.05, 0.1) is 18.8 Å². The monoisotopic (exact) mass is 446 g/mol.